The second kappa shape index (κ2) is 16.8. The van der Waals surface area contributed by atoms with Crippen molar-refractivity contribution in [3.8, 4) is 22.3 Å². The van der Waals surface area contributed by atoms with Gasteiger partial charge >= 0.3 is 0 Å². The van der Waals surface area contributed by atoms with Gasteiger partial charge in [-0.2, -0.15) is 0 Å². The second-order valence-corrected chi connectivity index (χ2v) is 25.4. The Morgan fingerprint density at radius 1 is 0.338 bits per heavy atom. The van der Waals surface area contributed by atoms with Crippen molar-refractivity contribution < 1.29 is 0 Å². The van der Waals surface area contributed by atoms with Gasteiger partial charge in [-0.1, -0.05) is 235 Å². The van der Waals surface area contributed by atoms with Crippen molar-refractivity contribution >= 4 is 57.2 Å². The summed E-state index contributed by atoms with van der Waals surface area (Å²) < 4.78 is 0. The zero-order valence-electron chi connectivity index (χ0n) is 45.5. The van der Waals surface area contributed by atoms with Crippen LogP contribution in [0.2, 0.25) is 0 Å². The van der Waals surface area contributed by atoms with Gasteiger partial charge in [0.1, 0.15) is 0 Å². The SMILES string of the molecule is CC(C)(C)c1ccc(N2c3ccc(C(C)(C)C)cc3B3c4ccc(C(C)(C)C)cc4N(c4ccc(-c5cccc6c5-c5ccccc5C6(c5ccccc5)c5ccccc5)cc4)c4cc(C(C)(C)C)cc2c43)cc1. The molecule has 3 heteroatoms. The molecule has 0 fully saturated rings. The van der Waals surface area contributed by atoms with Gasteiger partial charge in [0.05, 0.1) is 5.41 Å². The predicted octanol–water partition coefficient (Wildman–Crippen LogP) is 17.0. The molecule has 0 atom stereocenters. The Balaban J connectivity index is 1.09. The molecule has 0 bridgehead atoms. The van der Waals surface area contributed by atoms with Crippen molar-refractivity contribution in [2.75, 3.05) is 9.80 Å². The minimum atomic E-state index is -0.463. The minimum absolute atomic E-state index is 0.0254. The molecule has 0 spiro atoms. The lowest BCUT2D eigenvalue weighted by Gasteiger charge is -2.45. The van der Waals surface area contributed by atoms with Crippen LogP contribution in [-0.2, 0) is 27.1 Å². The molecule has 366 valence electrons. The fraction of sp³-hybridized carbons (Fsp3) is 0.239. The molecule has 9 aromatic carbocycles. The molecule has 9 aromatic rings. The van der Waals surface area contributed by atoms with E-state index in [-0.39, 0.29) is 28.4 Å². The molecule has 74 heavy (non-hydrogen) atoms. The van der Waals surface area contributed by atoms with Gasteiger partial charge in [-0.05, 0) is 153 Å². The van der Waals surface area contributed by atoms with E-state index in [1.165, 1.54) is 112 Å². The van der Waals surface area contributed by atoms with Crippen LogP contribution in [0.4, 0.5) is 34.1 Å². The summed E-state index contributed by atoms with van der Waals surface area (Å²) in [5.41, 5.74) is 26.3. The zero-order chi connectivity index (χ0) is 51.7. The molecule has 12 rings (SSSR count). The van der Waals surface area contributed by atoms with Gasteiger partial charge < -0.3 is 9.80 Å². The number of hydrogen-bond acceptors (Lipinski definition) is 2. The summed E-state index contributed by atoms with van der Waals surface area (Å²) >= 11 is 0. The molecule has 0 amide bonds. The topological polar surface area (TPSA) is 6.48 Å². The lowest BCUT2D eigenvalue weighted by atomic mass is 9.33. The summed E-state index contributed by atoms with van der Waals surface area (Å²) in [6.07, 6.45) is 0. The monoisotopic (exact) mass is 961 g/mol. The average Bonchev–Trinajstić information content (AvgIpc) is 3.69. The van der Waals surface area contributed by atoms with Crippen molar-refractivity contribution in [3.63, 3.8) is 0 Å². The van der Waals surface area contributed by atoms with Gasteiger partial charge in [0.25, 0.3) is 6.71 Å². The highest BCUT2D eigenvalue weighted by Gasteiger charge is 2.48. The van der Waals surface area contributed by atoms with Crippen LogP contribution in [0.25, 0.3) is 22.3 Å². The Morgan fingerprint density at radius 2 is 0.797 bits per heavy atom. The van der Waals surface area contributed by atoms with Crippen LogP contribution in [-0.4, -0.2) is 6.71 Å². The van der Waals surface area contributed by atoms with Crippen molar-refractivity contribution in [1.82, 2.24) is 0 Å². The van der Waals surface area contributed by atoms with Gasteiger partial charge in [0, 0.05) is 34.1 Å². The van der Waals surface area contributed by atoms with Crippen LogP contribution in [0.15, 0.2) is 200 Å². The molecule has 1 aliphatic carbocycles. The third kappa shape index (κ3) is 7.44. The van der Waals surface area contributed by atoms with Crippen molar-refractivity contribution in [2.24, 2.45) is 0 Å². The summed E-state index contributed by atoms with van der Waals surface area (Å²) in [4.78, 5) is 5.19. The molecule has 0 saturated heterocycles. The van der Waals surface area contributed by atoms with Crippen LogP contribution < -0.4 is 26.2 Å². The van der Waals surface area contributed by atoms with E-state index in [9.17, 15) is 0 Å². The highest BCUT2D eigenvalue weighted by atomic mass is 15.2. The molecular weight excluding hydrogens is 892 g/mol. The summed E-state index contributed by atoms with van der Waals surface area (Å²) in [5.74, 6) is 0. The Bertz CT molecular complexity index is 3590. The highest BCUT2D eigenvalue weighted by Crippen LogP contribution is 2.58. The quantitative estimate of drug-likeness (QED) is 0.159. The Hall–Kier alpha value is -7.36. The smallest absolute Gasteiger partial charge is 0.252 e. The first-order valence-electron chi connectivity index (χ1n) is 26.9. The van der Waals surface area contributed by atoms with Crippen LogP contribution in [0.5, 0.6) is 0 Å². The molecule has 2 nitrogen and oxygen atoms in total. The number of fused-ring (bicyclic) bond motifs is 7. The van der Waals surface area contributed by atoms with Gasteiger partial charge in [0.15, 0.2) is 0 Å². The van der Waals surface area contributed by atoms with E-state index in [1.807, 2.05) is 0 Å². The van der Waals surface area contributed by atoms with Crippen LogP contribution in [0, 0.1) is 0 Å². The maximum Gasteiger partial charge on any atom is 0.252 e. The fourth-order valence-corrected chi connectivity index (χ4v) is 12.6. The average molecular weight is 961 g/mol. The number of rotatable bonds is 5. The van der Waals surface area contributed by atoms with E-state index in [1.54, 1.807) is 0 Å². The fourth-order valence-electron chi connectivity index (χ4n) is 12.6. The number of benzene rings is 9. The lowest BCUT2D eigenvalue weighted by Crippen LogP contribution is -2.61. The summed E-state index contributed by atoms with van der Waals surface area (Å²) in [6, 6.07) is 77.0. The Labute approximate surface area is 441 Å². The zero-order valence-corrected chi connectivity index (χ0v) is 45.5. The van der Waals surface area contributed by atoms with E-state index in [0.29, 0.717) is 0 Å². The van der Waals surface area contributed by atoms with E-state index < -0.39 is 5.41 Å². The molecule has 2 heterocycles. The molecule has 0 saturated carbocycles. The third-order valence-corrected chi connectivity index (χ3v) is 16.6. The second-order valence-electron chi connectivity index (χ2n) is 25.4. The molecule has 3 aliphatic rings. The molecule has 0 N–H and O–H groups in total. The number of anilines is 6. The third-order valence-electron chi connectivity index (χ3n) is 16.6. The van der Waals surface area contributed by atoms with Crippen molar-refractivity contribution in [1.29, 1.82) is 0 Å². The standard InChI is InChI=1S/C71H69BN2/c1-67(2,3)47-32-38-54(39-33-47)73-61-41-35-50(68(4,5)6)42-60(61)72-59-40-34-51(69(7,8)9)43-62(59)74(64-45-52(70(10,11)12)44-63(73)66(64)72)53-36-30-46(31-37-53)55-27-21-29-58-65(55)56-26-19-20-28-57(56)71(58,48-22-15-13-16-23-48)49-24-17-14-18-25-49/h13-45H,1-12H3. The molecule has 0 unspecified atom stereocenters. The maximum absolute atomic E-state index is 2.61. The van der Waals surface area contributed by atoms with E-state index in [4.69, 9.17) is 0 Å². The minimum Gasteiger partial charge on any atom is -0.311 e. The molecule has 0 aromatic heterocycles. The normalized spacial score (nSPS) is 14.5. The van der Waals surface area contributed by atoms with E-state index in [0.717, 1.165) is 5.69 Å². The molecule has 0 radical (unpaired) electrons. The number of hydrogen-bond donors (Lipinski definition) is 0. The Kier molecular flexibility index (Phi) is 10.8. The Morgan fingerprint density at radius 3 is 1.38 bits per heavy atom. The van der Waals surface area contributed by atoms with E-state index >= 15 is 0 Å². The largest absolute Gasteiger partial charge is 0.311 e. The van der Waals surface area contributed by atoms with Gasteiger partial charge in [-0.25, -0.2) is 0 Å². The number of nitrogens with zero attached hydrogens (tertiary/aromatic N) is 2. The van der Waals surface area contributed by atoms with Crippen molar-refractivity contribution in [2.45, 2.75) is 110 Å². The first kappa shape index (κ1) is 47.6. The summed E-state index contributed by atoms with van der Waals surface area (Å²) in [7, 11) is 0. The van der Waals surface area contributed by atoms with Gasteiger partial charge in [-0.3, -0.25) is 0 Å². The first-order valence-corrected chi connectivity index (χ1v) is 26.9. The predicted molar refractivity (Wildman–Crippen MR) is 318 cm³/mol. The molecular formula is C71H69BN2. The van der Waals surface area contributed by atoms with Gasteiger partial charge in [0.2, 0.25) is 0 Å². The summed E-state index contributed by atoms with van der Waals surface area (Å²) in [6.45, 7) is 28.1. The maximum atomic E-state index is 2.61. The van der Waals surface area contributed by atoms with Crippen LogP contribution in [0.1, 0.15) is 128 Å². The highest BCUT2D eigenvalue weighted by molar-refractivity contribution is 7.00. The van der Waals surface area contributed by atoms with Crippen LogP contribution in [0.3, 0.4) is 0 Å². The first-order chi connectivity index (χ1) is 35.2. The van der Waals surface area contributed by atoms with Crippen molar-refractivity contribution in [3.05, 3.63) is 245 Å². The van der Waals surface area contributed by atoms with Crippen LogP contribution >= 0.6 is 0 Å². The molecule has 2 aliphatic heterocycles. The lowest BCUT2D eigenvalue weighted by molar-refractivity contribution is 0.589. The summed E-state index contributed by atoms with van der Waals surface area (Å²) in [5, 5.41) is 0. The van der Waals surface area contributed by atoms with E-state index in [2.05, 4.69) is 293 Å². The van der Waals surface area contributed by atoms with Gasteiger partial charge in [-0.15, -0.1) is 0 Å².